The Morgan fingerprint density at radius 2 is 2.33 bits per heavy atom. The van der Waals surface area contributed by atoms with Gasteiger partial charge in [0.2, 0.25) is 0 Å². The first-order valence-corrected chi connectivity index (χ1v) is 5.32. The van der Waals surface area contributed by atoms with Crippen molar-refractivity contribution in [1.82, 2.24) is 0 Å². The van der Waals surface area contributed by atoms with Gasteiger partial charge in [-0.3, -0.25) is 0 Å². The number of aliphatic hydroxyl groups excluding tert-OH is 1. The SMILES string of the molecule is Cc1ccc2c(c1)CC(C(N)CO)N2C. The summed E-state index contributed by atoms with van der Waals surface area (Å²) in [5.74, 6) is 0. The van der Waals surface area contributed by atoms with Gasteiger partial charge in [-0.05, 0) is 25.0 Å². The van der Waals surface area contributed by atoms with E-state index < -0.39 is 0 Å². The number of benzene rings is 1. The number of nitrogens with two attached hydrogens (primary N) is 1. The first kappa shape index (κ1) is 10.5. The number of rotatable bonds is 2. The zero-order chi connectivity index (χ0) is 11.0. The van der Waals surface area contributed by atoms with Crippen molar-refractivity contribution in [1.29, 1.82) is 0 Å². The van der Waals surface area contributed by atoms with E-state index in [1.165, 1.54) is 16.8 Å². The highest BCUT2D eigenvalue weighted by molar-refractivity contribution is 5.60. The molecule has 3 heteroatoms. The van der Waals surface area contributed by atoms with Crippen LogP contribution >= 0.6 is 0 Å². The molecule has 0 bridgehead atoms. The van der Waals surface area contributed by atoms with E-state index in [2.05, 4.69) is 30.0 Å². The highest BCUT2D eigenvalue weighted by Crippen LogP contribution is 2.32. The third-order valence-corrected chi connectivity index (χ3v) is 3.25. The fourth-order valence-corrected chi connectivity index (χ4v) is 2.32. The Morgan fingerprint density at radius 1 is 1.60 bits per heavy atom. The Morgan fingerprint density at radius 3 is 3.00 bits per heavy atom. The highest BCUT2D eigenvalue weighted by atomic mass is 16.3. The summed E-state index contributed by atoms with van der Waals surface area (Å²) in [6.07, 6.45) is 0.940. The van der Waals surface area contributed by atoms with Gasteiger partial charge in [0.25, 0.3) is 0 Å². The van der Waals surface area contributed by atoms with Crippen LogP contribution in [0.1, 0.15) is 11.1 Å². The van der Waals surface area contributed by atoms with Gasteiger partial charge in [0.1, 0.15) is 0 Å². The Kier molecular flexibility index (Phi) is 2.67. The van der Waals surface area contributed by atoms with Crippen LogP contribution < -0.4 is 10.6 Å². The first-order chi connectivity index (χ1) is 7.13. The molecule has 1 aromatic rings. The highest BCUT2D eigenvalue weighted by Gasteiger charge is 2.30. The molecule has 2 atom stereocenters. The van der Waals surface area contributed by atoms with Crippen LogP contribution in [-0.2, 0) is 6.42 Å². The maximum atomic E-state index is 9.09. The number of nitrogens with zero attached hydrogens (tertiary/aromatic N) is 1. The minimum atomic E-state index is -0.164. The standard InChI is InChI=1S/C12H18N2O/c1-8-3-4-11-9(5-8)6-12(14(11)2)10(13)7-15/h3-5,10,12,15H,6-7,13H2,1-2H3. The van der Waals surface area contributed by atoms with E-state index >= 15 is 0 Å². The summed E-state index contributed by atoms with van der Waals surface area (Å²) in [7, 11) is 2.04. The number of hydrogen-bond donors (Lipinski definition) is 2. The Balaban J connectivity index is 2.28. The minimum absolute atomic E-state index is 0.0436. The molecule has 15 heavy (non-hydrogen) atoms. The second kappa shape index (κ2) is 3.83. The van der Waals surface area contributed by atoms with Gasteiger partial charge in [-0.1, -0.05) is 17.7 Å². The molecule has 1 aliphatic heterocycles. The van der Waals surface area contributed by atoms with Gasteiger partial charge >= 0.3 is 0 Å². The van der Waals surface area contributed by atoms with Gasteiger partial charge in [0.05, 0.1) is 12.6 Å². The molecule has 0 fully saturated rings. The van der Waals surface area contributed by atoms with Crippen molar-refractivity contribution in [3.05, 3.63) is 29.3 Å². The van der Waals surface area contributed by atoms with Gasteiger partial charge in [0, 0.05) is 18.8 Å². The van der Waals surface area contributed by atoms with Gasteiger partial charge in [-0.15, -0.1) is 0 Å². The topological polar surface area (TPSA) is 49.5 Å². The summed E-state index contributed by atoms with van der Waals surface area (Å²) in [6.45, 7) is 2.14. The Bertz CT molecular complexity index is 365. The third kappa shape index (κ3) is 1.73. The summed E-state index contributed by atoms with van der Waals surface area (Å²) < 4.78 is 0. The molecule has 0 aliphatic carbocycles. The molecular weight excluding hydrogens is 188 g/mol. The minimum Gasteiger partial charge on any atom is -0.395 e. The van der Waals surface area contributed by atoms with E-state index in [4.69, 9.17) is 10.8 Å². The first-order valence-electron chi connectivity index (χ1n) is 5.32. The largest absolute Gasteiger partial charge is 0.395 e. The number of fused-ring (bicyclic) bond motifs is 1. The summed E-state index contributed by atoms with van der Waals surface area (Å²) >= 11 is 0. The fraction of sp³-hybridized carbons (Fsp3) is 0.500. The molecule has 0 radical (unpaired) electrons. The van der Waals surface area contributed by atoms with E-state index in [0.717, 1.165) is 6.42 Å². The van der Waals surface area contributed by atoms with E-state index in [9.17, 15) is 0 Å². The van der Waals surface area contributed by atoms with Crippen LogP contribution in [0.5, 0.6) is 0 Å². The van der Waals surface area contributed by atoms with Crippen molar-refractivity contribution >= 4 is 5.69 Å². The summed E-state index contributed by atoms with van der Waals surface area (Å²) in [5.41, 5.74) is 9.76. The van der Waals surface area contributed by atoms with Gasteiger partial charge in [0.15, 0.2) is 0 Å². The van der Waals surface area contributed by atoms with Crippen LogP contribution in [0.25, 0.3) is 0 Å². The molecule has 0 aromatic heterocycles. The summed E-state index contributed by atoms with van der Waals surface area (Å²) in [5, 5.41) is 9.09. The molecule has 0 saturated heterocycles. The molecule has 1 aliphatic rings. The molecule has 1 aromatic carbocycles. The molecular formula is C12H18N2O. The molecule has 0 spiro atoms. The van der Waals surface area contributed by atoms with E-state index in [0.29, 0.717) is 0 Å². The van der Waals surface area contributed by atoms with E-state index in [1.54, 1.807) is 0 Å². The van der Waals surface area contributed by atoms with Gasteiger partial charge in [-0.2, -0.15) is 0 Å². The van der Waals surface area contributed by atoms with Crippen molar-refractivity contribution in [2.24, 2.45) is 5.73 Å². The van der Waals surface area contributed by atoms with Crippen LogP contribution in [-0.4, -0.2) is 30.8 Å². The lowest BCUT2D eigenvalue weighted by Gasteiger charge is -2.26. The second-order valence-corrected chi connectivity index (χ2v) is 4.36. The lowest BCUT2D eigenvalue weighted by molar-refractivity contribution is 0.249. The predicted octanol–water partition coefficient (Wildman–Crippen LogP) is 0.676. The monoisotopic (exact) mass is 206 g/mol. The second-order valence-electron chi connectivity index (χ2n) is 4.36. The Hall–Kier alpha value is -1.06. The lowest BCUT2D eigenvalue weighted by atomic mass is 10.0. The Labute approximate surface area is 90.5 Å². The maximum Gasteiger partial charge on any atom is 0.0602 e. The molecule has 2 rings (SSSR count). The molecule has 2 unspecified atom stereocenters. The van der Waals surface area contributed by atoms with Crippen LogP contribution in [0.15, 0.2) is 18.2 Å². The van der Waals surface area contributed by atoms with Crippen molar-refractivity contribution in [2.45, 2.75) is 25.4 Å². The van der Waals surface area contributed by atoms with Crippen molar-refractivity contribution in [2.75, 3.05) is 18.6 Å². The van der Waals surface area contributed by atoms with Crippen LogP contribution in [0, 0.1) is 6.92 Å². The lowest BCUT2D eigenvalue weighted by Crippen LogP contribution is -2.46. The molecule has 0 saturated carbocycles. The zero-order valence-electron chi connectivity index (χ0n) is 9.27. The number of aryl methyl sites for hydroxylation is 1. The summed E-state index contributed by atoms with van der Waals surface area (Å²) in [6, 6.07) is 6.52. The van der Waals surface area contributed by atoms with Crippen LogP contribution in [0.2, 0.25) is 0 Å². The normalized spacial score (nSPS) is 21.6. The molecule has 3 nitrogen and oxygen atoms in total. The quantitative estimate of drug-likeness (QED) is 0.748. The van der Waals surface area contributed by atoms with Crippen LogP contribution in [0.4, 0.5) is 5.69 Å². The van der Waals surface area contributed by atoms with E-state index in [1.807, 2.05) is 7.05 Å². The molecule has 82 valence electrons. The summed E-state index contributed by atoms with van der Waals surface area (Å²) in [4.78, 5) is 2.18. The number of anilines is 1. The zero-order valence-corrected chi connectivity index (χ0v) is 9.27. The molecule has 3 N–H and O–H groups in total. The number of hydrogen-bond acceptors (Lipinski definition) is 3. The van der Waals surface area contributed by atoms with Crippen molar-refractivity contribution < 1.29 is 5.11 Å². The smallest absolute Gasteiger partial charge is 0.0602 e. The number of aliphatic hydroxyl groups is 1. The average Bonchev–Trinajstić information content (AvgIpc) is 2.54. The molecule has 1 heterocycles. The van der Waals surface area contributed by atoms with Crippen LogP contribution in [0.3, 0.4) is 0 Å². The molecule has 0 amide bonds. The van der Waals surface area contributed by atoms with Crippen molar-refractivity contribution in [3.8, 4) is 0 Å². The predicted molar refractivity (Wildman–Crippen MR) is 62.1 cm³/mol. The third-order valence-electron chi connectivity index (χ3n) is 3.25. The number of likely N-dealkylation sites (N-methyl/N-ethyl adjacent to an activating group) is 1. The average molecular weight is 206 g/mol. The fourth-order valence-electron chi connectivity index (χ4n) is 2.32. The van der Waals surface area contributed by atoms with Gasteiger partial charge in [-0.25, -0.2) is 0 Å². The van der Waals surface area contributed by atoms with Crippen molar-refractivity contribution in [3.63, 3.8) is 0 Å². The van der Waals surface area contributed by atoms with E-state index in [-0.39, 0.29) is 18.7 Å². The maximum absolute atomic E-state index is 9.09. The van der Waals surface area contributed by atoms with Gasteiger partial charge < -0.3 is 15.7 Å².